The van der Waals surface area contributed by atoms with E-state index >= 15 is 0 Å². The van der Waals surface area contributed by atoms with Gasteiger partial charge in [-0.1, -0.05) is 0 Å². The SMILES string of the molecule is [Cl-].[Cl-].[Zr+2][C]1=CCc2c1ccc1ccc3ccccc3c21. The van der Waals surface area contributed by atoms with Crippen LogP contribution in [0.5, 0.6) is 0 Å². The second kappa shape index (κ2) is 6.02. The third kappa shape index (κ3) is 2.27. The second-order valence-electron chi connectivity index (χ2n) is 4.80. The zero-order valence-corrected chi connectivity index (χ0v) is 14.6. The van der Waals surface area contributed by atoms with Crippen LogP contribution in [0.25, 0.3) is 24.8 Å². The molecule has 0 bridgehead atoms. The summed E-state index contributed by atoms with van der Waals surface area (Å²) >= 11 is 1.52. The topological polar surface area (TPSA) is 0 Å². The van der Waals surface area contributed by atoms with E-state index in [2.05, 4.69) is 54.6 Å². The summed E-state index contributed by atoms with van der Waals surface area (Å²) in [5, 5.41) is 5.56. The summed E-state index contributed by atoms with van der Waals surface area (Å²) in [7, 11) is 0. The van der Waals surface area contributed by atoms with Crippen LogP contribution >= 0.6 is 0 Å². The van der Waals surface area contributed by atoms with Gasteiger partial charge >= 0.3 is 122 Å². The van der Waals surface area contributed by atoms with Crippen molar-refractivity contribution in [2.24, 2.45) is 0 Å². The first-order valence-electron chi connectivity index (χ1n) is 6.20. The molecule has 3 heteroatoms. The molecule has 0 fully saturated rings. The number of fused-ring (bicyclic) bond motifs is 5. The van der Waals surface area contributed by atoms with Crippen molar-refractivity contribution >= 4 is 24.8 Å². The molecule has 3 aromatic carbocycles. The van der Waals surface area contributed by atoms with Crippen LogP contribution in [0.2, 0.25) is 0 Å². The van der Waals surface area contributed by atoms with Crippen LogP contribution in [-0.4, -0.2) is 0 Å². The molecular weight excluding hydrogens is 366 g/mol. The Labute approximate surface area is 145 Å². The molecule has 0 saturated carbocycles. The molecule has 0 nitrogen and oxygen atoms in total. The van der Waals surface area contributed by atoms with Crippen molar-refractivity contribution in [1.29, 1.82) is 0 Å². The Kier molecular flexibility index (Phi) is 4.74. The fourth-order valence-electron chi connectivity index (χ4n) is 2.95. The summed E-state index contributed by atoms with van der Waals surface area (Å²) in [6.07, 6.45) is 3.48. The first-order chi connectivity index (χ1) is 8.84. The number of rotatable bonds is 0. The minimum absolute atomic E-state index is 0. The molecular formula is C17H11Cl2Zr. The first-order valence-corrected chi connectivity index (χ1v) is 7.43. The van der Waals surface area contributed by atoms with E-state index in [0.29, 0.717) is 0 Å². The average molecular weight is 377 g/mol. The molecule has 0 saturated heterocycles. The van der Waals surface area contributed by atoms with Gasteiger partial charge < -0.3 is 24.8 Å². The van der Waals surface area contributed by atoms with Gasteiger partial charge in [0.05, 0.1) is 0 Å². The Morgan fingerprint density at radius 3 is 2.35 bits per heavy atom. The molecule has 20 heavy (non-hydrogen) atoms. The fourth-order valence-corrected chi connectivity index (χ4v) is 3.78. The Hall–Kier alpha value is -0.617. The molecule has 0 unspecified atom stereocenters. The molecule has 0 aliphatic heterocycles. The summed E-state index contributed by atoms with van der Waals surface area (Å²) in [5.41, 5.74) is 2.99. The molecule has 0 heterocycles. The van der Waals surface area contributed by atoms with E-state index in [0.717, 1.165) is 6.42 Å². The molecule has 97 valence electrons. The second-order valence-corrected chi connectivity index (χ2v) is 6.12. The number of benzene rings is 3. The maximum absolute atomic E-state index is 2.38. The third-order valence-corrected chi connectivity index (χ3v) is 4.98. The molecule has 1 aliphatic carbocycles. The van der Waals surface area contributed by atoms with E-state index in [1.807, 2.05) is 0 Å². The molecule has 3 aromatic rings. The third-order valence-electron chi connectivity index (χ3n) is 3.82. The van der Waals surface area contributed by atoms with Crippen LogP contribution in [-0.2, 0) is 31.1 Å². The normalized spacial score (nSPS) is 12.6. The summed E-state index contributed by atoms with van der Waals surface area (Å²) in [6.45, 7) is 0. The quantitative estimate of drug-likeness (QED) is 0.416. The van der Waals surface area contributed by atoms with Crippen LogP contribution in [0.1, 0.15) is 11.1 Å². The van der Waals surface area contributed by atoms with Crippen molar-refractivity contribution < 1.29 is 49.5 Å². The molecule has 0 spiro atoms. The zero-order valence-electron chi connectivity index (χ0n) is 10.7. The Morgan fingerprint density at radius 2 is 1.50 bits per heavy atom. The predicted octanol–water partition coefficient (Wildman–Crippen LogP) is -1.56. The van der Waals surface area contributed by atoms with Gasteiger partial charge in [-0.2, -0.15) is 0 Å². The first kappa shape index (κ1) is 15.8. The van der Waals surface area contributed by atoms with Crippen molar-refractivity contribution in [2.75, 3.05) is 0 Å². The van der Waals surface area contributed by atoms with Crippen LogP contribution in [0.3, 0.4) is 0 Å². The van der Waals surface area contributed by atoms with Crippen LogP contribution in [0.15, 0.2) is 54.6 Å². The van der Waals surface area contributed by atoms with Crippen molar-refractivity contribution in [2.45, 2.75) is 6.42 Å². The van der Waals surface area contributed by atoms with Gasteiger partial charge in [-0.05, 0) is 0 Å². The van der Waals surface area contributed by atoms with Gasteiger partial charge in [0, 0.05) is 0 Å². The van der Waals surface area contributed by atoms with Gasteiger partial charge in [0.25, 0.3) is 0 Å². The molecule has 0 N–H and O–H groups in total. The van der Waals surface area contributed by atoms with Crippen LogP contribution < -0.4 is 24.8 Å². The van der Waals surface area contributed by atoms with Gasteiger partial charge in [0.15, 0.2) is 0 Å². The number of allylic oxidation sites excluding steroid dienone is 1. The van der Waals surface area contributed by atoms with E-state index in [4.69, 9.17) is 0 Å². The molecule has 0 atom stereocenters. The minimum atomic E-state index is 0. The Bertz CT molecular complexity index is 822. The summed E-state index contributed by atoms with van der Waals surface area (Å²) in [6, 6.07) is 17.7. The van der Waals surface area contributed by atoms with E-state index in [1.165, 1.54) is 60.7 Å². The number of halogens is 2. The van der Waals surface area contributed by atoms with Gasteiger partial charge in [-0.15, -0.1) is 0 Å². The van der Waals surface area contributed by atoms with Crippen molar-refractivity contribution in [1.82, 2.24) is 0 Å². The van der Waals surface area contributed by atoms with Crippen LogP contribution in [0.4, 0.5) is 0 Å². The van der Waals surface area contributed by atoms with Crippen molar-refractivity contribution in [3.63, 3.8) is 0 Å². The van der Waals surface area contributed by atoms with Crippen LogP contribution in [0, 0.1) is 0 Å². The van der Waals surface area contributed by atoms with E-state index < -0.39 is 0 Å². The number of hydrogen-bond acceptors (Lipinski definition) is 0. The van der Waals surface area contributed by atoms with Gasteiger partial charge in [-0.25, -0.2) is 0 Å². The maximum atomic E-state index is 2.38. The average Bonchev–Trinajstić information content (AvgIpc) is 2.80. The molecule has 0 radical (unpaired) electrons. The van der Waals surface area contributed by atoms with E-state index in [1.54, 1.807) is 0 Å². The monoisotopic (exact) mass is 375 g/mol. The molecule has 4 rings (SSSR count). The number of hydrogen-bond donors (Lipinski definition) is 0. The molecule has 0 amide bonds. The Balaban J connectivity index is 0.000000735. The summed E-state index contributed by atoms with van der Waals surface area (Å²) in [4.78, 5) is 0. The van der Waals surface area contributed by atoms with Gasteiger partial charge in [0.1, 0.15) is 0 Å². The fraction of sp³-hybridized carbons (Fsp3) is 0.0588. The predicted molar refractivity (Wildman–Crippen MR) is 73.1 cm³/mol. The van der Waals surface area contributed by atoms with Gasteiger partial charge in [0.2, 0.25) is 0 Å². The molecule has 1 aliphatic rings. The Morgan fingerprint density at radius 1 is 0.800 bits per heavy atom. The van der Waals surface area contributed by atoms with E-state index in [9.17, 15) is 0 Å². The standard InChI is InChI=1S/C17H11.2ClH.Zr/c1-2-6-15-12(4-1)8-10-14-11-9-13-5-3-7-16(13)17(14)15;;;/h1-4,6,8-11H,7H2;2*1H;/q;;;+2/p-2. The zero-order chi connectivity index (χ0) is 12.1. The van der Waals surface area contributed by atoms with E-state index in [-0.39, 0.29) is 24.8 Å². The van der Waals surface area contributed by atoms with Crippen molar-refractivity contribution in [3.05, 3.63) is 65.7 Å². The summed E-state index contributed by atoms with van der Waals surface area (Å²) < 4.78 is 1.51. The summed E-state index contributed by atoms with van der Waals surface area (Å²) in [5.74, 6) is 0. The van der Waals surface area contributed by atoms with Crippen molar-refractivity contribution in [3.8, 4) is 0 Å². The van der Waals surface area contributed by atoms with Gasteiger partial charge in [-0.3, -0.25) is 0 Å². The molecule has 0 aromatic heterocycles.